The summed E-state index contributed by atoms with van der Waals surface area (Å²) in [4.78, 5) is 10.8. The van der Waals surface area contributed by atoms with Crippen molar-refractivity contribution in [3.8, 4) is 0 Å². The molecule has 1 aliphatic rings. The van der Waals surface area contributed by atoms with Gasteiger partial charge >= 0.3 is 6.55 Å². The molecule has 3 heterocycles. The lowest BCUT2D eigenvalue weighted by Gasteiger charge is -2.26. The highest BCUT2D eigenvalue weighted by Gasteiger charge is 2.25. The molecule has 0 aliphatic carbocycles. The second-order valence-corrected chi connectivity index (χ2v) is 6.38. The first kappa shape index (κ1) is 22.6. The first-order valence-corrected chi connectivity index (χ1v) is 9.28. The Kier molecular flexibility index (Phi) is 9.16. The van der Waals surface area contributed by atoms with Crippen molar-refractivity contribution in [1.29, 1.82) is 0 Å². The third-order valence-corrected chi connectivity index (χ3v) is 4.60. The third-order valence-electron chi connectivity index (χ3n) is 4.60. The molecule has 0 amide bonds. The van der Waals surface area contributed by atoms with Crippen molar-refractivity contribution in [1.82, 2.24) is 25.1 Å². The van der Waals surface area contributed by atoms with Crippen LogP contribution in [0.5, 0.6) is 0 Å². The molecule has 0 aromatic carbocycles. The van der Waals surface area contributed by atoms with Crippen LogP contribution < -0.4 is 10.6 Å². The van der Waals surface area contributed by atoms with Crippen molar-refractivity contribution in [3.63, 3.8) is 0 Å². The average Bonchev–Trinajstić information content (AvgIpc) is 3.41. The lowest BCUT2D eigenvalue weighted by molar-refractivity contribution is 0.0671. The summed E-state index contributed by atoms with van der Waals surface area (Å²) in [6.45, 7) is 2.77. The maximum absolute atomic E-state index is 12.9. The molecule has 28 heavy (non-hydrogen) atoms. The van der Waals surface area contributed by atoms with E-state index in [1.165, 1.54) is 25.2 Å². The van der Waals surface area contributed by atoms with Crippen LogP contribution in [0.2, 0.25) is 0 Å². The van der Waals surface area contributed by atoms with Crippen molar-refractivity contribution in [3.05, 3.63) is 42.4 Å². The minimum Gasteiger partial charge on any atom is -0.468 e. The number of aliphatic imine (C=N–C) groups is 1. The van der Waals surface area contributed by atoms with Gasteiger partial charge in [0.1, 0.15) is 18.1 Å². The Morgan fingerprint density at radius 2 is 2.11 bits per heavy atom. The molecule has 2 aromatic heterocycles. The number of guanidine groups is 1. The fourth-order valence-corrected chi connectivity index (χ4v) is 3.27. The van der Waals surface area contributed by atoms with Crippen molar-refractivity contribution >= 4 is 29.9 Å². The number of nitrogens with zero attached hydrogens (tertiary/aromatic N) is 4. The van der Waals surface area contributed by atoms with Gasteiger partial charge in [-0.1, -0.05) is 0 Å². The molecule has 156 valence electrons. The minimum absolute atomic E-state index is 0. The lowest BCUT2D eigenvalue weighted by atomic mass is 10.2. The first-order valence-electron chi connectivity index (χ1n) is 9.28. The van der Waals surface area contributed by atoms with Crippen molar-refractivity contribution in [2.24, 2.45) is 4.99 Å². The molecule has 3 rings (SSSR count). The molecule has 0 spiro atoms. The Balaban J connectivity index is 0.00000280. The normalized spacial score (nSPS) is 16.2. The second kappa shape index (κ2) is 11.3. The van der Waals surface area contributed by atoms with E-state index in [-0.39, 0.29) is 42.4 Å². The van der Waals surface area contributed by atoms with Gasteiger partial charge in [0, 0.05) is 25.5 Å². The summed E-state index contributed by atoms with van der Waals surface area (Å²) in [6, 6.07) is 3.98. The van der Waals surface area contributed by atoms with Crippen LogP contribution in [0, 0.1) is 0 Å². The van der Waals surface area contributed by atoms with Gasteiger partial charge < -0.3 is 15.1 Å². The summed E-state index contributed by atoms with van der Waals surface area (Å²) in [6.07, 6.45) is 6.67. The van der Waals surface area contributed by atoms with Crippen LogP contribution in [0.15, 0.2) is 40.2 Å². The molecule has 1 aliphatic heterocycles. The Bertz CT molecular complexity index is 715. The van der Waals surface area contributed by atoms with Gasteiger partial charge in [-0.25, -0.2) is 9.98 Å². The van der Waals surface area contributed by atoms with Crippen LogP contribution >= 0.6 is 24.0 Å². The van der Waals surface area contributed by atoms with E-state index in [9.17, 15) is 8.78 Å². The zero-order chi connectivity index (χ0) is 19.1. The quantitative estimate of drug-likeness (QED) is 0.325. The molecular weight excluding hydrogens is 481 g/mol. The van der Waals surface area contributed by atoms with E-state index in [0.717, 1.165) is 23.4 Å². The molecule has 10 heteroatoms. The van der Waals surface area contributed by atoms with Gasteiger partial charge in [0.25, 0.3) is 0 Å². The van der Waals surface area contributed by atoms with Crippen molar-refractivity contribution in [2.75, 3.05) is 26.2 Å². The van der Waals surface area contributed by atoms with E-state index in [2.05, 4.69) is 25.5 Å². The predicted octanol–water partition coefficient (Wildman–Crippen LogP) is 3.38. The molecule has 7 nitrogen and oxygen atoms in total. The van der Waals surface area contributed by atoms with E-state index in [0.29, 0.717) is 19.0 Å². The van der Waals surface area contributed by atoms with Crippen molar-refractivity contribution < 1.29 is 13.2 Å². The molecule has 1 saturated heterocycles. The fraction of sp³-hybridized carbons (Fsp3) is 0.556. The largest absolute Gasteiger partial charge is 0.468 e. The summed E-state index contributed by atoms with van der Waals surface area (Å²) in [5, 5.41) is 6.46. The summed E-state index contributed by atoms with van der Waals surface area (Å²) >= 11 is 0. The lowest BCUT2D eigenvalue weighted by Crippen LogP contribution is -2.42. The topological polar surface area (TPSA) is 70.6 Å². The van der Waals surface area contributed by atoms with Gasteiger partial charge in [-0.2, -0.15) is 8.78 Å². The van der Waals surface area contributed by atoms with Gasteiger partial charge in [-0.15, -0.1) is 24.0 Å². The molecule has 1 atom stereocenters. The molecule has 0 bridgehead atoms. The van der Waals surface area contributed by atoms with E-state index >= 15 is 0 Å². The highest BCUT2D eigenvalue weighted by atomic mass is 127. The van der Waals surface area contributed by atoms with E-state index in [1.54, 1.807) is 6.26 Å². The minimum atomic E-state index is -2.62. The third kappa shape index (κ3) is 5.90. The highest BCUT2D eigenvalue weighted by Crippen LogP contribution is 2.24. The number of rotatable bonds is 8. The van der Waals surface area contributed by atoms with Crippen LogP contribution in [-0.2, 0) is 6.54 Å². The molecule has 2 N–H and O–H groups in total. The standard InChI is InChI=1S/C18H26F2N6O.HI/c1-2-21-18(24-13-16-22-7-10-26(16)17(19)20)23-12-14(15-6-5-11-27-15)25-8-3-4-9-25;/h5-7,10-11,14,17H,2-4,8-9,12-13H2,1H3,(H2,21,23,24);1H. The van der Waals surface area contributed by atoms with Crippen LogP contribution in [-0.4, -0.2) is 46.6 Å². The SMILES string of the molecule is CCNC(=NCc1nccn1C(F)F)NCC(c1ccco1)N1CCCC1.I. The van der Waals surface area contributed by atoms with Gasteiger partial charge in [0.05, 0.1) is 12.3 Å². The summed E-state index contributed by atoms with van der Waals surface area (Å²) < 4.78 is 32.3. The van der Waals surface area contributed by atoms with Gasteiger partial charge in [-0.3, -0.25) is 9.47 Å². The molecule has 1 fully saturated rings. The van der Waals surface area contributed by atoms with E-state index in [1.807, 2.05) is 19.1 Å². The van der Waals surface area contributed by atoms with Gasteiger partial charge in [-0.05, 0) is 45.0 Å². The monoisotopic (exact) mass is 508 g/mol. The Hall–Kier alpha value is -1.69. The Morgan fingerprint density at radius 3 is 2.75 bits per heavy atom. The molecular formula is C18H27F2IN6O. The average molecular weight is 508 g/mol. The van der Waals surface area contributed by atoms with Crippen LogP contribution in [0.4, 0.5) is 8.78 Å². The predicted molar refractivity (Wildman–Crippen MR) is 114 cm³/mol. The van der Waals surface area contributed by atoms with Crippen LogP contribution in [0.25, 0.3) is 0 Å². The van der Waals surface area contributed by atoms with Gasteiger partial charge in [0.15, 0.2) is 5.96 Å². The molecule has 1 unspecified atom stereocenters. The first-order chi connectivity index (χ1) is 13.2. The number of likely N-dealkylation sites (tertiary alicyclic amines) is 1. The molecule has 0 radical (unpaired) electrons. The zero-order valence-electron chi connectivity index (χ0n) is 15.9. The maximum Gasteiger partial charge on any atom is 0.319 e. The van der Waals surface area contributed by atoms with Crippen LogP contribution in [0.3, 0.4) is 0 Å². The van der Waals surface area contributed by atoms with Crippen LogP contribution in [0.1, 0.15) is 43.9 Å². The van der Waals surface area contributed by atoms with E-state index in [4.69, 9.17) is 4.42 Å². The van der Waals surface area contributed by atoms with E-state index < -0.39 is 6.55 Å². The number of aromatic nitrogens is 2. The number of nitrogens with one attached hydrogen (secondary N) is 2. The van der Waals surface area contributed by atoms with Crippen molar-refractivity contribution in [2.45, 2.75) is 38.9 Å². The Morgan fingerprint density at radius 1 is 1.32 bits per heavy atom. The van der Waals surface area contributed by atoms with Gasteiger partial charge in [0.2, 0.25) is 0 Å². The summed E-state index contributed by atoms with van der Waals surface area (Å²) in [7, 11) is 0. The number of halogens is 3. The number of hydrogen-bond donors (Lipinski definition) is 2. The molecule has 2 aromatic rings. The fourth-order valence-electron chi connectivity index (χ4n) is 3.27. The highest BCUT2D eigenvalue weighted by molar-refractivity contribution is 14.0. The number of imidazole rings is 1. The Labute approximate surface area is 180 Å². The second-order valence-electron chi connectivity index (χ2n) is 6.38. The maximum atomic E-state index is 12.9. The summed E-state index contributed by atoms with van der Waals surface area (Å²) in [5.74, 6) is 1.70. The number of hydrogen-bond acceptors (Lipinski definition) is 4. The number of alkyl halides is 2. The summed E-state index contributed by atoms with van der Waals surface area (Å²) in [5.41, 5.74) is 0. The smallest absolute Gasteiger partial charge is 0.319 e. The zero-order valence-corrected chi connectivity index (χ0v) is 18.2. The number of furan rings is 1. The molecule has 0 saturated carbocycles.